The predicted octanol–water partition coefficient (Wildman–Crippen LogP) is 1.37. The van der Waals surface area contributed by atoms with Crippen molar-refractivity contribution < 1.29 is 23.7 Å². The monoisotopic (exact) mass is 433 g/mol. The largest absolute Gasteiger partial charge is 0.394 e. The van der Waals surface area contributed by atoms with Gasteiger partial charge in [0.1, 0.15) is 23.8 Å². The number of anilines is 1. The van der Waals surface area contributed by atoms with Gasteiger partial charge in [0.2, 0.25) is 0 Å². The number of nitrogens with one attached hydrogen (secondary N) is 1. The number of hydrogen-bond acceptors (Lipinski definition) is 6. The molecule has 31 heavy (non-hydrogen) atoms. The molecule has 8 heteroatoms. The zero-order valence-corrected chi connectivity index (χ0v) is 17.3. The molecule has 2 fully saturated rings. The summed E-state index contributed by atoms with van der Waals surface area (Å²) in [6.45, 7) is 3.81. The van der Waals surface area contributed by atoms with Gasteiger partial charge in [-0.05, 0) is 42.0 Å². The summed E-state index contributed by atoms with van der Waals surface area (Å²) in [4.78, 5) is 4.41. The van der Waals surface area contributed by atoms with Crippen molar-refractivity contribution in [1.82, 2.24) is 10.2 Å². The quantitative estimate of drug-likeness (QED) is 0.613. The van der Waals surface area contributed by atoms with Crippen LogP contribution in [0.1, 0.15) is 5.56 Å². The third-order valence-corrected chi connectivity index (χ3v) is 6.16. The summed E-state index contributed by atoms with van der Waals surface area (Å²) in [5, 5.41) is 23.7. The molecular formula is C23H29F2N3O3. The lowest BCUT2D eigenvalue weighted by molar-refractivity contribution is -0.0213. The summed E-state index contributed by atoms with van der Waals surface area (Å²) in [7, 11) is 0. The van der Waals surface area contributed by atoms with E-state index in [1.807, 2.05) is 0 Å². The molecule has 168 valence electrons. The zero-order valence-electron chi connectivity index (χ0n) is 17.3. The van der Waals surface area contributed by atoms with E-state index >= 15 is 0 Å². The molecule has 6 nitrogen and oxygen atoms in total. The van der Waals surface area contributed by atoms with Crippen molar-refractivity contribution >= 4 is 5.69 Å². The van der Waals surface area contributed by atoms with Crippen LogP contribution < -0.4 is 10.2 Å². The molecule has 0 bridgehead atoms. The molecule has 3 N–H and O–H groups in total. The summed E-state index contributed by atoms with van der Waals surface area (Å²) in [6, 6.07) is 12.6. The Kier molecular flexibility index (Phi) is 7.14. The third-order valence-electron chi connectivity index (χ3n) is 6.16. The Balaban J connectivity index is 1.35. The van der Waals surface area contributed by atoms with Gasteiger partial charge in [-0.25, -0.2) is 8.78 Å². The fourth-order valence-electron chi connectivity index (χ4n) is 4.49. The molecule has 0 radical (unpaired) electrons. The maximum atomic E-state index is 13.2. The van der Waals surface area contributed by atoms with Crippen molar-refractivity contribution in [3.05, 3.63) is 65.7 Å². The van der Waals surface area contributed by atoms with Gasteiger partial charge in [-0.15, -0.1) is 0 Å². The van der Waals surface area contributed by atoms with Crippen LogP contribution in [-0.2, 0) is 11.3 Å². The zero-order chi connectivity index (χ0) is 21.8. The molecule has 0 amide bonds. The average Bonchev–Trinajstić information content (AvgIpc) is 3.11. The maximum Gasteiger partial charge on any atom is 0.123 e. The highest BCUT2D eigenvalue weighted by atomic mass is 19.1. The van der Waals surface area contributed by atoms with Gasteiger partial charge in [-0.3, -0.25) is 4.90 Å². The van der Waals surface area contributed by atoms with Crippen LogP contribution in [-0.4, -0.2) is 78.8 Å². The highest BCUT2D eigenvalue weighted by molar-refractivity contribution is 5.46. The van der Waals surface area contributed by atoms with Crippen LogP contribution in [0.5, 0.6) is 0 Å². The van der Waals surface area contributed by atoms with E-state index in [1.165, 1.54) is 24.3 Å². The van der Waals surface area contributed by atoms with E-state index in [0.29, 0.717) is 13.1 Å². The number of halogens is 2. The summed E-state index contributed by atoms with van der Waals surface area (Å²) >= 11 is 0. The van der Waals surface area contributed by atoms with Crippen molar-refractivity contribution in [2.45, 2.75) is 30.9 Å². The first-order valence-electron chi connectivity index (χ1n) is 10.7. The summed E-state index contributed by atoms with van der Waals surface area (Å²) < 4.78 is 32.2. The fourth-order valence-corrected chi connectivity index (χ4v) is 4.49. The van der Waals surface area contributed by atoms with Gasteiger partial charge in [-0.2, -0.15) is 0 Å². The Morgan fingerprint density at radius 3 is 2.13 bits per heavy atom. The third kappa shape index (κ3) is 5.22. The van der Waals surface area contributed by atoms with E-state index in [-0.39, 0.29) is 30.4 Å². The van der Waals surface area contributed by atoms with E-state index in [9.17, 15) is 19.0 Å². The maximum absolute atomic E-state index is 13.2. The topological polar surface area (TPSA) is 68.2 Å². The number of aliphatic hydroxyl groups is 2. The first kappa shape index (κ1) is 22.1. The predicted molar refractivity (Wildman–Crippen MR) is 114 cm³/mol. The van der Waals surface area contributed by atoms with Crippen molar-refractivity contribution in [2.75, 3.05) is 44.2 Å². The Morgan fingerprint density at radius 2 is 1.52 bits per heavy atom. The second kappa shape index (κ2) is 10.0. The Hall–Kier alpha value is -2.10. The molecule has 2 aliphatic heterocycles. The van der Waals surface area contributed by atoms with E-state index in [2.05, 4.69) is 15.1 Å². The molecule has 0 saturated carbocycles. The number of hydrogen-bond donors (Lipinski definition) is 3. The lowest BCUT2D eigenvalue weighted by atomic mass is 10.0. The van der Waals surface area contributed by atoms with E-state index in [0.717, 1.165) is 37.4 Å². The van der Waals surface area contributed by atoms with Crippen LogP contribution in [0.15, 0.2) is 48.5 Å². The van der Waals surface area contributed by atoms with Crippen LogP contribution in [0.25, 0.3) is 0 Å². The van der Waals surface area contributed by atoms with Crippen LogP contribution in [0, 0.1) is 11.6 Å². The minimum absolute atomic E-state index is 0.228. The van der Waals surface area contributed by atoms with Crippen molar-refractivity contribution in [3.8, 4) is 0 Å². The van der Waals surface area contributed by atoms with Gasteiger partial charge in [0.05, 0.1) is 18.8 Å². The standard InChI is InChI=1S/C23H29F2N3O3/c24-17-3-1-16(2-4-17)13-26-14-20-22(23(30)21(15-29)31-20)28-11-9-27(10-12-28)19-7-5-18(25)6-8-19/h1-8,20-23,26,29-30H,9-15H2. The fraction of sp³-hybridized carbons (Fsp3) is 0.478. The first-order chi connectivity index (χ1) is 15.0. The molecule has 0 aliphatic carbocycles. The molecule has 0 spiro atoms. The highest BCUT2D eigenvalue weighted by Crippen LogP contribution is 2.27. The molecular weight excluding hydrogens is 404 g/mol. The molecule has 4 atom stereocenters. The molecule has 0 aromatic heterocycles. The first-order valence-corrected chi connectivity index (χ1v) is 10.7. The molecule has 4 unspecified atom stereocenters. The number of nitrogens with zero attached hydrogens (tertiary/aromatic N) is 2. The van der Waals surface area contributed by atoms with Gasteiger partial charge in [0.15, 0.2) is 0 Å². The van der Waals surface area contributed by atoms with Crippen molar-refractivity contribution in [2.24, 2.45) is 0 Å². The number of benzene rings is 2. The van der Waals surface area contributed by atoms with E-state index in [4.69, 9.17) is 4.74 Å². The van der Waals surface area contributed by atoms with Crippen LogP contribution in [0.2, 0.25) is 0 Å². The number of piperazine rings is 1. The van der Waals surface area contributed by atoms with Gasteiger partial charge < -0.3 is 25.2 Å². The Morgan fingerprint density at radius 1 is 0.903 bits per heavy atom. The average molecular weight is 433 g/mol. The normalized spacial score (nSPS) is 27.0. The molecule has 2 heterocycles. The lowest BCUT2D eigenvalue weighted by Gasteiger charge is -2.41. The smallest absolute Gasteiger partial charge is 0.123 e. The van der Waals surface area contributed by atoms with Gasteiger partial charge in [0, 0.05) is 45.0 Å². The van der Waals surface area contributed by atoms with Crippen LogP contribution in [0.4, 0.5) is 14.5 Å². The summed E-state index contributed by atoms with van der Waals surface area (Å²) in [6.07, 6.45) is -1.66. The number of ether oxygens (including phenoxy) is 1. The number of aliphatic hydroxyl groups excluding tert-OH is 2. The molecule has 2 saturated heterocycles. The van der Waals surface area contributed by atoms with Crippen LogP contribution in [0.3, 0.4) is 0 Å². The van der Waals surface area contributed by atoms with Crippen molar-refractivity contribution in [1.29, 1.82) is 0 Å². The van der Waals surface area contributed by atoms with Crippen molar-refractivity contribution in [3.63, 3.8) is 0 Å². The van der Waals surface area contributed by atoms with Gasteiger partial charge >= 0.3 is 0 Å². The Bertz CT molecular complexity index is 829. The van der Waals surface area contributed by atoms with Gasteiger partial charge in [0.25, 0.3) is 0 Å². The highest BCUT2D eigenvalue weighted by Gasteiger charge is 2.46. The van der Waals surface area contributed by atoms with Gasteiger partial charge in [-0.1, -0.05) is 12.1 Å². The lowest BCUT2D eigenvalue weighted by Crippen LogP contribution is -2.57. The molecule has 4 rings (SSSR count). The van der Waals surface area contributed by atoms with Crippen LogP contribution >= 0.6 is 0 Å². The molecule has 2 aromatic carbocycles. The molecule has 2 aromatic rings. The second-order valence-electron chi connectivity index (χ2n) is 8.13. The molecule has 2 aliphatic rings. The van der Waals surface area contributed by atoms with E-state index in [1.54, 1.807) is 24.3 Å². The number of rotatable bonds is 7. The second-order valence-corrected chi connectivity index (χ2v) is 8.13. The summed E-state index contributed by atoms with van der Waals surface area (Å²) in [5.41, 5.74) is 1.94. The minimum atomic E-state index is -0.778. The summed E-state index contributed by atoms with van der Waals surface area (Å²) in [5.74, 6) is -0.517. The van der Waals surface area contributed by atoms with E-state index < -0.39 is 12.2 Å². The SMILES string of the molecule is OCC1OC(CNCc2ccc(F)cc2)C(N2CCN(c3ccc(F)cc3)CC2)C1O. The Labute approximate surface area is 181 Å². The minimum Gasteiger partial charge on any atom is -0.394 e.